The van der Waals surface area contributed by atoms with Gasteiger partial charge in [-0.05, 0) is 49.8 Å². The first-order chi connectivity index (χ1) is 11.0. The van der Waals surface area contributed by atoms with E-state index in [2.05, 4.69) is 15.2 Å². The Balaban J connectivity index is 2.24. The molecule has 0 unspecified atom stereocenters. The van der Waals surface area contributed by atoms with Crippen LogP contribution in [0.2, 0.25) is 0 Å². The zero-order chi connectivity index (χ0) is 16.8. The first kappa shape index (κ1) is 17.0. The number of hydrogen-bond acceptors (Lipinski definition) is 8. The second-order valence-electron chi connectivity index (χ2n) is 4.52. The molecule has 0 atom stereocenters. The molecular weight excluding hydrogens is 318 g/mol. The van der Waals surface area contributed by atoms with Crippen molar-refractivity contribution >= 4 is 32.8 Å². The smallest absolute Gasteiger partial charge is 0.274 e. The van der Waals surface area contributed by atoms with Crippen LogP contribution >= 0.6 is 11.3 Å². The number of hydroxylamine groups is 1. The zero-order valence-electron chi connectivity index (χ0n) is 13.1. The van der Waals surface area contributed by atoms with E-state index in [0.717, 1.165) is 22.6 Å². The quantitative estimate of drug-likeness (QED) is 0.420. The average molecular weight is 335 g/mol. The van der Waals surface area contributed by atoms with E-state index in [-0.39, 0.29) is 10.1 Å². The maximum absolute atomic E-state index is 10.6. The maximum Gasteiger partial charge on any atom is 0.345 e. The van der Waals surface area contributed by atoms with E-state index in [9.17, 15) is 10.1 Å². The van der Waals surface area contributed by atoms with Crippen molar-refractivity contribution in [1.29, 1.82) is 0 Å². The molecule has 2 aromatic rings. The van der Waals surface area contributed by atoms with Gasteiger partial charge in [-0.3, -0.25) is 20.0 Å². The summed E-state index contributed by atoms with van der Waals surface area (Å²) in [5, 5.41) is 20.7. The summed E-state index contributed by atoms with van der Waals surface area (Å²) in [6.07, 6.45) is 1.18. The third kappa shape index (κ3) is 4.30. The molecule has 1 aromatic carbocycles. The molecular formula is C14H17N5O3S. The third-order valence-electron chi connectivity index (χ3n) is 2.96. The molecule has 0 spiro atoms. The molecule has 0 aliphatic heterocycles. The van der Waals surface area contributed by atoms with Crippen molar-refractivity contribution in [2.75, 3.05) is 18.2 Å². The van der Waals surface area contributed by atoms with Crippen LogP contribution in [0.5, 0.6) is 0 Å². The summed E-state index contributed by atoms with van der Waals surface area (Å²) in [6, 6.07) is 5.73. The molecule has 0 saturated carbocycles. The van der Waals surface area contributed by atoms with E-state index in [1.165, 1.54) is 6.20 Å². The van der Waals surface area contributed by atoms with Gasteiger partial charge >= 0.3 is 5.00 Å². The molecule has 0 radical (unpaired) electrons. The van der Waals surface area contributed by atoms with E-state index in [4.69, 9.17) is 4.84 Å². The minimum atomic E-state index is -0.496. The largest absolute Gasteiger partial charge is 0.345 e. The van der Waals surface area contributed by atoms with Crippen molar-refractivity contribution in [3.63, 3.8) is 0 Å². The Morgan fingerprint density at radius 2 is 2.17 bits per heavy atom. The Kier molecular flexibility index (Phi) is 5.72. The Hall–Kier alpha value is -2.39. The van der Waals surface area contributed by atoms with E-state index in [1.54, 1.807) is 5.06 Å². The highest BCUT2D eigenvalue weighted by Gasteiger charge is 2.11. The SMILES string of the molecule is CCON(CC)c1ccc(C)c(N=Nc2ncc([N+](=O)[O-])s2)c1. The van der Waals surface area contributed by atoms with Gasteiger partial charge in [0.25, 0.3) is 0 Å². The van der Waals surface area contributed by atoms with Crippen LogP contribution in [0.3, 0.4) is 0 Å². The van der Waals surface area contributed by atoms with Gasteiger partial charge < -0.3 is 0 Å². The van der Waals surface area contributed by atoms with Crippen LogP contribution in [0.25, 0.3) is 0 Å². The molecule has 1 aromatic heterocycles. The number of rotatable bonds is 7. The molecule has 0 fully saturated rings. The normalized spacial score (nSPS) is 11.1. The molecule has 8 nitrogen and oxygen atoms in total. The fourth-order valence-electron chi connectivity index (χ4n) is 1.85. The monoisotopic (exact) mass is 335 g/mol. The number of aryl methyl sites for hydroxylation is 1. The lowest BCUT2D eigenvalue weighted by Crippen LogP contribution is -2.22. The number of benzene rings is 1. The van der Waals surface area contributed by atoms with Gasteiger partial charge in [0.05, 0.1) is 22.9 Å². The molecule has 1 heterocycles. The van der Waals surface area contributed by atoms with Crippen molar-refractivity contribution < 1.29 is 9.76 Å². The van der Waals surface area contributed by atoms with Crippen LogP contribution in [0.15, 0.2) is 34.6 Å². The topological polar surface area (TPSA) is 93.2 Å². The van der Waals surface area contributed by atoms with Crippen LogP contribution in [-0.2, 0) is 4.84 Å². The summed E-state index contributed by atoms with van der Waals surface area (Å²) in [5.74, 6) is 0. The minimum absolute atomic E-state index is 0.0575. The van der Waals surface area contributed by atoms with Gasteiger partial charge in [0, 0.05) is 6.54 Å². The van der Waals surface area contributed by atoms with Gasteiger partial charge in [0.15, 0.2) is 0 Å². The van der Waals surface area contributed by atoms with Crippen LogP contribution in [0, 0.1) is 17.0 Å². The minimum Gasteiger partial charge on any atom is -0.274 e. The third-order valence-corrected chi connectivity index (χ3v) is 3.79. The van der Waals surface area contributed by atoms with Crippen molar-refractivity contribution in [3.8, 4) is 0 Å². The Bertz CT molecular complexity index is 716. The van der Waals surface area contributed by atoms with Crippen molar-refractivity contribution in [2.24, 2.45) is 10.2 Å². The van der Waals surface area contributed by atoms with Crippen LogP contribution < -0.4 is 5.06 Å². The van der Waals surface area contributed by atoms with Crippen molar-refractivity contribution in [3.05, 3.63) is 40.1 Å². The fourth-order valence-corrected chi connectivity index (χ4v) is 2.40. The standard InChI is InChI=1S/C14H17N5O3S/c1-4-18(22-5-2)11-7-6-10(3)12(8-11)16-17-14-15-9-13(23-14)19(20)21/h6-9H,4-5H2,1-3H3. The van der Waals surface area contributed by atoms with E-state index in [0.29, 0.717) is 18.8 Å². The molecule has 0 N–H and O–H groups in total. The second-order valence-corrected chi connectivity index (χ2v) is 5.51. The van der Waals surface area contributed by atoms with Gasteiger partial charge in [-0.25, -0.2) is 4.98 Å². The highest BCUT2D eigenvalue weighted by Crippen LogP contribution is 2.31. The number of nitrogens with zero attached hydrogens (tertiary/aromatic N) is 5. The number of anilines is 1. The number of azo groups is 1. The Morgan fingerprint density at radius 3 is 2.78 bits per heavy atom. The molecule has 0 aliphatic rings. The Morgan fingerprint density at radius 1 is 1.39 bits per heavy atom. The summed E-state index contributed by atoms with van der Waals surface area (Å²) in [4.78, 5) is 19.6. The van der Waals surface area contributed by atoms with Crippen molar-refractivity contribution in [2.45, 2.75) is 20.8 Å². The van der Waals surface area contributed by atoms with E-state index in [1.807, 2.05) is 39.0 Å². The molecule has 0 amide bonds. The van der Waals surface area contributed by atoms with Crippen LogP contribution in [0.4, 0.5) is 21.5 Å². The number of nitro groups is 1. The predicted molar refractivity (Wildman–Crippen MR) is 88.8 cm³/mol. The number of thiazole rings is 1. The molecule has 0 saturated heterocycles. The lowest BCUT2D eigenvalue weighted by atomic mass is 10.2. The van der Waals surface area contributed by atoms with Crippen LogP contribution in [-0.4, -0.2) is 23.1 Å². The summed E-state index contributed by atoms with van der Waals surface area (Å²) < 4.78 is 0. The summed E-state index contributed by atoms with van der Waals surface area (Å²) >= 11 is 0.884. The van der Waals surface area contributed by atoms with E-state index >= 15 is 0 Å². The molecule has 9 heteroatoms. The highest BCUT2D eigenvalue weighted by molar-refractivity contribution is 7.18. The molecule has 0 aliphatic carbocycles. The summed E-state index contributed by atoms with van der Waals surface area (Å²) in [5.41, 5.74) is 2.48. The first-order valence-electron chi connectivity index (χ1n) is 7.08. The lowest BCUT2D eigenvalue weighted by molar-refractivity contribution is -0.380. The van der Waals surface area contributed by atoms with Crippen molar-refractivity contribution in [1.82, 2.24) is 4.98 Å². The van der Waals surface area contributed by atoms with Gasteiger partial charge in [-0.15, -0.1) is 10.2 Å². The molecule has 23 heavy (non-hydrogen) atoms. The first-order valence-corrected chi connectivity index (χ1v) is 7.89. The molecule has 2 rings (SSSR count). The molecule has 122 valence electrons. The Labute approximate surface area is 137 Å². The number of aromatic nitrogens is 1. The highest BCUT2D eigenvalue weighted by atomic mass is 32.1. The van der Waals surface area contributed by atoms with Gasteiger partial charge in [-0.1, -0.05) is 6.07 Å². The zero-order valence-corrected chi connectivity index (χ0v) is 13.9. The second kappa shape index (κ2) is 7.75. The molecule has 0 bridgehead atoms. The van der Waals surface area contributed by atoms with E-state index < -0.39 is 4.92 Å². The number of hydrogen-bond donors (Lipinski definition) is 0. The predicted octanol–water partition coefficient (Wildman–Crippen LogP) is 4.55. The van der Waals surface area contributed by atoms with Crippen LogP contribution in [0.1, 0.15) is 19.4 Å². The maximum atomic E-state index is 10.6. The lowest BCUT2D eigenvalue weighted by Gasteiger charge is -2.21. The summed E-state index contributed by atoms with van der Waals surface area (Å²) in [7, 11) is 0. The summed E-state index contributed by atoms with van der Waals surface area (Å²) in [6.45, 7) is 7.10. The van der Waals surface area contributed by atoms with Gasteiger partial charge in [-0.2, -0.15) is 0 Å². The average Bonchev–Trinajstić information content (AvgIpc) is 3.01. The fraction of sp³-hybridized carbons (Fsp3) is 0.357. The van der Waals surface area contributed by atoms with Gasteiger partial charge in [0.2, 0.25) is 5.13 Å². The van der Waals surface area contributed by atoms with Gasteiger partial charge in [0.1, 0.15) is 6.20 Å².